The van der Waals surface area contributed by atoms with Gasteiger partial charge in [0.1, 0.15) is 0 Å². The zero-order valence-electron chi connectivity index (χ0n) is 12.0. The Labute approximate surface area is 121 Å². The molecule has 1 aromatic rings. The van der Waals surface area contributed by atoms with Gasteiger partial charge in [-0.3, -0.25) is 9.88 Å². The number of rotatable bonds is 3. The summed E-state index contributed by atoms with van der Waals surface area (Å²) in [6.45, 7) is 5.63. The van der Waals surface area contributed by atoms with Gasteiger partial charge in [0.25, 0.3) is 0 Å². The molecular weight excluding hydrogens is 285 g/mol. The molecule has 0 amide bonds. The maximum Gasteiger partial charge on any atom is 0.416 e. The van der Waals surface area contributed by atoms with Crippen molar-refractivity contribution in [1.29, 1.82) is 0 Å². The average Bonchev–Trinajstić information content (AvgIpc) is 2.46. The predicted molar refractivity (Wildman–Crippen MR) is 70.7 cm³/mol. The van der Waals surface area contributed by atoms with E-state index >= 15 is 0 Å². The second kappa shape index (κ2) is 5.90. The highest BCUT2D eigenvalue weighted by atomic mass is 19.4. The third-order valence-corrected chi connectivity index (χ3v) is 3.95. The van der Waals surface area contributed by atoms with E-state index in [0.29, 0.717) is 26.3 Å². The van der Waals surface area contributed by atoms with Crippen LogP contribution in [0, 0.1) is 0 Å². The molecule has 1 aromatic heterocycles. The monoisotopic (exact) mass is 304 g/mol. The molecule has 4 nitrogen and oxygen atoms in total. The van der Waals surface area contributed by atoms with Crippen molar-refractivity contribution in [3.63, 3.8) is 0 Å². The molecule has 0 aliphatic carbocycles. The number of nitrogens with zero attached hydrogens (tertiary/aromatic N) is 2. The van der Waals surface area contributed by atoms with Crippen LogP contribution in [0.25, 0.3) is 0 Å². The molecule has 2 heterocycles. The second-order valence-electron chi connectivity index (χ2n) is 5.62. The topological polar surface area (TPSA) is 45.6 Å². The van der Waals surface area contributed by atoms with Crippen molar-refractivity contribution in [1.82, 2.24) is 9.88 Å². The third kappa shape index (κ3) is 3.36. The Morgan fingerprint density at radius 2 is 1.90 bits per heavy atom. The predicted octanol–water partition coefficient (Wildman–Crippen LogP) is 2.24. The number of hydrogen-bond acceptors (Lipinski definition) is 4. The van der Waals surface area contributed by atoms with E-state index in [2.05, 4.69) is 4.98 Å². The third-order valence-electron chi connectivity index (χ3n) is 3.95. The number of hydrogen-bond donors (Lipinski definition) is 1. The minimum absolute atomic E-state index is 0.193. The molecule has 0 bridgehead atoms. The van der Waals surface area contributed by atoms with E-state index < -0.39 is 23.4 Å². The number of pyridine rings is 1. The van der Waals surface area contributed by atoms with E-state index in [-0.39, 0.29) is 5.56 Å². The minimum Gasteiger partial charge on any atom is -0.386 e. The molecule has 0 radical (unpaired) electrons. The van der Waals surface area contributed by atoms with Gasteiger partial charge in [-0.15, -0.1) is 0 Å². The minimum atomic E-state index is -4.51. The summed E-state index contributed by atoms with van der Waals surface area (Å²) < 4.78 is 44.4. The van der Waals surface area contributed by atoms with Gasteiger partial charge < -0.3 is 9.84 Å². The summed E-state index contributed by atoms with van der Waals surface area (Å²) in [7, 11) is 0. The summed E-state index contributed by atoms with van der Waals surface area (Å²) in [4.78, 5) is 5.67. The Balaban J connectivity index is 2.32. The van der Waals surface area contributed by atoms with Gasteiger partial charge in [-0.2, -0.15) is 13.2 Å². The van der Waals surface area contributed by atoms with Crippen LogP contribution in [0.5, 0.6) is 0 Å². The molecule has 21 heavy (non-hydrogen) atoms. The number of ether oxygens (including phenoxy) is 1. The highest BCUT2D eigenvalue weighted by Gasteiger charge is 2.41. The number of morpholine rings is 1. The fraction of sp³-hybridized carbons (Fsp3) is 0.643. The van der Waals surface area contributed by atoms with E-state index in [9.17, 15) is 18.3 Å². The van der Waals surface area contributed by atoms with Crippen LogP contribution in [0.3, 0.4) is 0 Å². The first-order valence-corrected chi connectivity index (χ1v) is 6.76. The first-order valence-electron chi connectivity index (χ1n) is 6.76. The van der Waals surface area contributed by atoms with Crippen LogP contribution in [0.15, 0.2) is 18.5 Å². The molecule has 7 heteroatoms. The SMILES string of the molecule is CC(C)(C(O)c1cnccc1C(F)(F)F)N1CCOCC1. The Morgan fingerprint density at radius 3 is 2.48 bits per heavy atom. The summed E-state index contributed by atoms with van der Waals surface area (Å²) in [6, 6.07) is 0.897. The fourth-order valence-corrected chi connectivity index (χ4v) is 2.58. The molecule has 1 aliphatic heterocycles. The molecule has 1 unspecified atom stereocenters. The quantitative estimate of drug-likeness (QED) is 0.930. The van der Waals surface area contributed by atoms with Gasteiger partial charge in [0.2, 0.25) is 0 Å². The number of aromatic nitrogens is 1. The number of aliphatic hydroxyl groups excluding tert-OH is 1. The van der Waals surface area contributed by atoms with Crippen LogP contribution in [0.2, 0.25) is 0 Å². The van der Waals surface area contributed by atoms with Crippen molar-refractivity contribution < 1.29 is 23.0 Å². The molecule has 1 aliphatic rings. The van der Waals surface area contributed by atoms with Crippen molar-refractivity contribution in [3.05, 3.63) is 29.6 Å². The standard InChI is InChI=1S/C14H19F3N2O2/c1-13(2,19-5-7-21-8-6-19)12(20)10-9-18-4-3-11(10)14(15,16)17/h3-4,9,12,20H,5-8H2,1-2H3. The lowest BCUT2D eigenvalue weighted by molar-refractivity contribution is -0.140. The molecule has 0 aromatic carbocycles. The lowest BCUT2D eigenvalue weighted by Crippen LogP contribution is -2.53. The average molecular weight is 304 g/mol. The van der Waals surface area contributed by atoms with Gasteiger partial charge in [-0.1, -0.05) is 0 Å². The molecule has 1 saturated heterocycles. The first kappa shape index (κ1) is 16.2. The maximum absolute atomic E-state index is 13.1. The van der Waals surface area contributed by atoms with E-state index in [1.165, 1.54) is 0 Å². The molecule has 118 valence electrons. The van der Waals surface area contributed by atoms with Crippen molar-refractivity contribution in [2.75, 3.05) is 26.3 Å². The molecule has 1 N–H and O–H groups in total. The molecule has 1 atom stereocenters. The van der Waals surface area contributed by atoms with E-state index in [1.807, 2.05) is 4.90 Å². The summed E-state index contributed by atoms with van der Waals surface area (Å²) in [5.41, 5.74) is -1.87. The second-order valence-corrected chi connectivity index (χ2v) is 5.62. The van der Waals surface area contributed by atoms with Gasteiger partial charge in [0.15, 0.2) is 0 Å². The van der Waals surface area contributed by atoms with E-state index in [0.717, 1.165) is 18.5 Å². The van der Waals surface area contributed by atoms with Gasteiger partial charge in [-0.05, 0) is 19.9 Å². The van der Waals surface area contributed by atoms with Gasteiger partial charge in [-0.25, -0.2) is 0 Å². The van der Waals surface area contributed by atoms with Crippen molar-refractivity contribution >= 4 is 0 Å². The Kier molecular flexibility index (Phi) is 4.55. The van der Waals surface area contributed by atoms with Crippen LogP contribution in [-0.2, 0) is 10.9 Å². The molecule has 1 fully saturated rings. The molecular formula is C14H19F3N2O2. The normalized spacial score (nSPS) is 19.5. The zero-order chi connectivity index (χ0) is 15.7. The zero-order valence-corrected chi connectivity index (χ0v) is 12.0. The summed E-state index contributed by atoms with van der Waals surface area (Å²) in [6.07, 6.45) is -3.63. The Hall–Kier alpha value is -1.18. The van der Waals surface area contributed by atoms with Crippen LogP contribution in [0.4, 0.5) is 13.2 Å². The van der Waals surface area contributed by atoms with E-state index in [4.69, 9.17) is 4.74 Å². The lowest BCUT2D eigenvalue weighted by atomic mass is 9.87. The highest BCUT2D eigenvalue weighted by molar-refractivity contribution is 5.30. The van der Waals surface area contributed by atoms with Crippen molar-refractivity contribution in [2.24, 2.45) is 0 Å². The molecule has 2 rings (SSSR count). The maximum atomic E-state index is 13.1. The smallest absolute Gasteiger partial charge is 0.386 e. The van der Waals surface area contributed by atoms with Crippen LogP contribution < -0.4 is 0 Å². The van der Waals surface area contributed by atoms with Crippen LogP contribution >= 0.6 is 0 Å². The lowest BCUT2D eigenvalue weighted by Gasteiger charge is -2.44. The van der Waals surface area contributed by atoms with Gasteiger partial charge >= 0.3 is 6.18 Å². The fourth-order valence-electron chi connectivity index (χ4n) is 2.58. The molecule has 0 saturated carbocycles. The number of halogens is 3. The van der Waals surface area contributed by atoms with Crippen LogP contribution in [0.1, 0.15) is 31.1 Å². The van der Waals surface area contributed by atoms with Gasteiger partial charge in [0, 0.05) is 36.6 Å². The number of alkyl halides is 3. The van der Waals surface area contributed by atoms with Gasteiger partial charge in [0.05, 0.1) is 24.9 Å². The highest BCUT2D eigenvalue weighted by Crippen LogP contribution is 2.39. The Morgan fingerprint density at radius 1 is 1.29 bits per heavy atom. The largest absolute Gasteiger partial charge is 0.416 e. The first-order chi connectivity index (χ1) is 9.74. The van der Waals surface area contributed by atoms with E-state index in [1.54, 1.807) is 13.8 Å². The van der Waals surface area contributed by atoms with Crippen molar-refractivity contribution in [3.8, 4) is 0 Å². The Bertz CT molecular complexity index is 485. The van der Waals surface area contributed by atoms with Crippen molar-refractivity contribution in [2.45, 2.75) is 31.7 Å². The summed E-state index contributed by atoms with van der Waals surface area (Å²) in [5.74, 6) is 0. The number of aliphatic hydroxyl groups is 1. The molecule has 0 spiro atoms. The summed E-state index contributed by atoms with van der Waals surface area (Å²) in [5, 5.41) is 10.5. The van der Waals surface area contributed by atoms with Crippen LogP contribution in [-0.4, -0.2) is 46.8 Å². The summed E-state index contributed by atoms with van der Waals surface area (Å²) >= 11 is 0.